The van der Waals surface area contributed by atoms with Crippen molar-refractivity contribution in [3.8, 4) is 6.07 Å². The molecule has 0 aliphatic carbocycles. The number of nitrogens with one attached hydrogen (secondary N) is 1. The predicted molar refractivity (Wildman–Crippen MR) is 144 cm³/mol. The second-order valence-corrected chi connectivity index (χ2v) is 10.8. The zero-order valence-electron chi connectivity index (χ0n) is 22.3. The lowest BCUT2D eigenvalue weighted by molar-refractivity contribution is -0.107. The molecule has 2 aromatic rings. The first-order chi connectivity index (χ1) is 17.4. The highest BCUT2D eigenvalue weighted by atomic mass is 19.1. The molecule has 1 fully saturated rings. The van der Waals surface area contributed by atoms with Gasteiger partial charge in [-0.25, -0.2) is 9.37 Å². The molecule has 9 nitrogen and oxygen atoms in total. The molecule has 4 N–H and O–H groups in total. The lowest BCUT2D eigenvalue weighted by Crippen LogP contribution is -2.54. The van der Waals surface area contributed by atoms with E-state index in [1.54, 1.807) is 25.7 Å². The number of halogens is 1. The highest BCUT2D eigenvalue weighted by Crippen LogP contribution is 2.39. The Morgan fingerprint density at radius 2 is 2.16 bits per heavy atom. The Hall–Kier alpha value is -3.29. The summed E-state index contributed by atoms with van der Waals surface area (Å²) in [4.78, 5) is 24.4. The largest absolute Gasteiger partial charge is 0.390 e. The summed E-state index contributed by atoms with van der Waals surface area (Å²) in [7, 11) is 0. The molecule has 1 saturated heterocycles. The van der Waals surface area contributed by atoms with Gasteiger partial charge in [0.1, 0.15) is 17.3 Å². The maximum absolute atomic E-state index is 15.4. The van der Waals surface area contributed by atoms with Gasteiger partial charge in [0, 0.05) is 42.8 Å². The lowest BCUT2D eigenvalue weighted by Gasteiger charge is -2.45. The van der Waals surface area contributed by atoms with E-state index in [0.717, 1.165) is 12.0 Å². The average Bonchev–Trinajstić information content (AvgIpc) is 2.83. The van der Waals surface area contributed by atoms with Gasteiger partial charge in [0.25, 0.3) is 0 Å². The second-order valence-electron chi connectivity index (χ2n) is 10.8. The van der Waals surface area contributed by atoms with Crippen LogP contribution < -0.4 is 20.9 Å². The number of nitriles is 1. The van der Waals surface area contributed by atoms with Gasteiger partial charge >= 0.3 is 0 Å². The molecule has 1 aromatic heterocycles. The number of benzene rings is 1. The number of piperidine rings is 1. The number of hydrogen-bond acceptors (Lipinski definition) is 8. The summed E-state index contributed by atoms with van der Waals surface area (Å²) >= 11 is 0. The zero-order valence-corrected chi connectivity index (χ0v) is 22.3. The quantitative estimate of drug-likeness (QED) is 0.412. The molecule has 37 heavy (non-hydrogen) atoms. The molecule has 1 aliphatic heterocycles. The topological polar surface area (TPSA) is 131 Å². The van der Waals surface area contributed by atoms with Crippen molar-refractivity contribution in [3.63, 3.8) is 0 Å². The van der Waals surface area contributed by atoms with E-state index in [2.05, 4.69) is 21.4 Å². The number of nitrogens with zero attached hydrogens (tertiary/aromatic N) is 5. The number of aliphatic hydroxyl groups is 1. The zero-order chi connectivity index (χ0) is 27.4. The van der Waals surface area contributed by atoms with Crippen LogP contribution in [0.2, 0.25) is 0 Å². The minimum Gasteiger partial charge on any atom is -0.390 e. The molecular formula is C27H38FN7O2. The molecule has 2 heterocycles. The van der Waals surface area contributed by atoms with Crippen LogP contribution in [-0.2, 0) is 4.79 Å². The fourth-order valence-electron chi connectivity index (χ4n) is 4.63. The number of nitrogens with two attached hydrogens (primary N) is 1. The van der Waals surface area contributed by atoms with Crippen LogP contribution in [-0.4, -0.2) is 58.9 Å². The molecule has 0 radical (unpaired) electrons. The third-order valence-corrected chi connectivity index (χ3v) is 7.26. The second kappa shape index (κ2) is 11.4. The van der Waals surface area contributed by atoms with Crippen molar-refractivity contribution in [2.45, 2.75) is 58.7 Å². The van der Waals surface area contributed by atoms with Gasteiger partial charge < -0.3 is 26.0 Å². The molecule has 1 aromatic carbocycles. The van der Waals surface area contributed by atoms with Crippen LogP contribution in [0.5, 0.6) is 0 Å². The Balaban J connectivity index is 1.89. The van der Waals surface area contributed by atoms with Gasteiger partial charge in [0.15, 0.2) is 5.82 Å². The summed E-state index contributed by atoms with van der Waals surface area (Å²) in [6.07, 6.45) is 3.18. The minimum atomic E-state index is -1.34. The van der Waals surface area contributed by atoms with Crippen LogP contribution in [0.3, 0.4) is 0 Å². The van der Waals surface area contributed by atoms with Gasteiger partial charge in [-0.3, -0.25) is 4.79 Å². The number of hydrogen-bond donors (Lipinski definition) is 3. The first-order valence-corrected chi connectivity index (χ1v) is 12.6. The van der Waals surface area contributed by atoms with Crippen LogP contribution in [0, 0.1) is 30.1 Å². The first-order valence-electron chi connectivity index (χ1n) is 12.6. The van der Waals surface area contributed by atoms with Crippen LogP contribution in [0.15, 0.2) is 24.4 Å². The number of anilines is 4. The molecule has 0 saturated carbocycles. The molecule has 200 valence electrons. The van der Waals surface area contributed by atoms with E-state index in [4.69, 9.17) is 5.73 Å². The number of alkyl halides is 1. The maximum atomic E-state index is 15.4. The Kier molecular flexibility index (Phi) is 8.72. The van der Waals surface area contributed by atoms with Crippen LogP contribution >= 0.6 is 0 Å². The number of aryl methyl sites for hydroxylation is 1. The van der Waals surface area contributed by atoms with Crippen molar-refractivity contribution in [2.24, 2.45) is 17.6 Å². The molecule has 3 rings (SSSR count). The molecule has 0 bridgehead atoms. The van der Waals surface area contributed by atoms with Crippen molar-refractivity contribution in [1.29, 1.82) is 5.26 Å². The summed E-state index contributed by atoms with van der Waals surface area (Å²) in [6, 6.07) is 7.64. The fourth-order valence-corrected chi connectivity index (χ4v) is 4.63. The summed E-state index contributed by atoms with van der Waals surface area (Å²) in [5.41, 5.74) is 5.99. The van der Waals surface area contributed by atoms with Gasteiger partial charge in [0.05, 0.1) is 11.8 Å². The summed E-state index contributed by atoms with van der Waals surface area (Å²) in [5.74, 6) is 0.243. The Morgan fingerprint density at radius 1 is 1.43 bits per heavy atom. The van der Waals surface area contributed by atoms with Gasteiger partial charge in [-0.05, 0) is 64.8 Å². The van der Waals surface area contributed by atoms with Crippen LogP contribution in [0.25, 0.3) is 0 Å². The van der Waals surface area contributed by atoms with E-state index >= 15 is 4.39 Å². The number of rotatable bonds is 10. The molecule has 3 atom stereocenters. The maximum Gasteiger partial charge on any atom is 0.227 e. The van der Waals surface area contributed by atoms with Crippen molar-refractivity contribution < 1.29 is 14.3 Å². The van der Waals surface area contributed by atoms with Crippen LogP contribution in [0.4, 0.5) is 27.5 Å². The Labute approximate surface area is 218 Å². The van der Waals surface area contributed by atoms with Crippen molar-refractivity contribution >= 4 is 29.6 Å². The van der Waals surface area contributed by atoms with E-state index in [-0.39, 0.29) is 17.4 Å². The van der Waals surface area contributed by atoms with Crippen molar-refractivity contribution in [3.05, 3.63) is 35.5 Å². The molecule has 3 unspecified atom stereocenters. The normalized spacial score (nSPS) is 21.9. The first kappa shape index (κ1) is 28.3. The van der Waals surface area contributed by atoms with Crippen LogP contribution in [0.1, 0.15) is 51.7 Å². The monoisotopic (exact) mass is 511 g/mol. The average molecular weight is 512 g/mol. The Morgan fingerprint density at radius 3 is 2.78 bits per heavy atom. The highest BCUT2D eigenvalue weighted by molar-refractivity contribution is 5.80. The molecule has 1 aliphatic rings. The molecule has 0 spiro atoms. The third-order valence-electron chi connectivity index (χ3n) is 7.26. The highest BCUT2D eigenvalue weighted by Gasteiger charge is 2.45. The van der Waals surface area contributed by atoms with Gasteiger partial charge in [-0.15, -0.1) is 0 Å². The summed E-state index contributed by atoms with van der Waals surface area (Å²) in [5, 5.41) is 22.9. The molecule has 1 amide bonds. The smallest absolute Gasteiger partial charge is 0.227 e. The summed E-state index contributed by atoms with van der Waals surface area (Å²) in [6.45, 7) is 10.5. The van der Waals surface area contributed by atoms with Crippen molar-refractivity contribution in [2.75, 3.05) is 41.3 Å². The minimum absolute atomic E-state index is 0.244. The lowest BCUT2D eigenvalue weighted by atomic mass is 9.75. The van der Waals surface area contributed by atoms with E-state index in [1.165, 1.54) is 6.20 Å². The van der Waals surface area contributed by atoms with E-state index in [9.17, 15) is 15.2 Å². The summed E-state index contributed by atoms with van der Waals surface area (Å²) < 4.78 is 15.4. The van der Waals surface area contributed by atoms with Gasteiger partial charge in [-0.1, -0.05) is 13.0 Å². The molecule has 10 heteroatoms. The van der Waals surface area contributed by atoms with Gasteiger partial charge in [0.2, 0.25) is 12.4 Å². The number of carbonyl (C=O) groups excluding carboxylic acids is 1. The fraction of sp³-hybridized carbons (Fsp3) is 0.556. The van der Waals surface area contributed by atoms with Gasteiger partial charge in [-0.2, -0.15) is 10.2 Å². The van der Waals surface area contributed by atoms with E-state index in [1.807, 2.05) is 36.9 Å². The third kappa shape index (κ3) is 6.73. The number of carbonyl (C=O) groups is 1. The number of amides is 1. The predicted octanol–water partition coefficient (Wildman–Crippen LogP) is 3.67. The number of aromatic nitrogens is 2. The Bertz CT molecular complexity index is 1140. The molecular weight excluding hydrogens is 473 g/mol. The van der Waals surface area contributed by atoms with E-state index in [0.29, 0.717) is 62.2 Å². The SMILES string of the molecule is Cc1ccc(Nc2nc(N3CC(C)C(C)(F)C(CCN)C3)ncc2C#N)cc1N(C=O)CCC(C)(C)O. The standard InChI is InChI=1S/C27H38FN7O2/c1-18-6-7-22(12-23(18)34(17-36)11-9-26(3,4)37)32-24-20(13-30)14-31-25(33-24)35-15-19(2)27(5,28)21(16-35)8-10-29/h6-7,12,14,17,19,21,37H,8-11,15-16,29H2,1-5H3,(H,31,32,33). The van der Waals surface area contributed by atoms with E-state index < -0.39 is 11.3 Å². The van der Waals surface area contributed by atoms with Crippen molar-refractivity contribution in [1.82, 2.24) is 9.97 Å².